The van der Waals surface area contributed by atoms with Crippen molar-refractivity contribution >= 4 is 11.8 Å². The minimum absolute atomic E-state index is 0.0154. The summed E-state index contributed by atoms with van der Waals surface area (Å²) in [5.41, 5.74) is 1.50. The molecule has 74 valence electrons. The van der Waals surface area contributed by atoms with Gasteiger partial charge in [0, 0.05) is 13.0 Å². The van der Waals surface area contributed by atoms with Gasteiger partial charge in [0.25, 0.3) is 0 Å². The van der Waals surface area contributed by atoms with E-state index in [0.717, 1.165) is 5.56 Å². The second kappa shape index (κ2) is 5.94. The predicted molar refractivity (Wildman–Crippen MR) is 56.4 cm³/mol. The number of aliphatic hydroxyl groups is 1. The van der Waals surface area contributed by atoms with Crippen LogP contribution in [0.25, 0.3) is 6.08 Å². The number of oxime groups is 1. The Kier molecular flexibility index (Phi) is 4.44. The van der Waals surface area contributed by atoms with Gasteiger partial charge in [0.2, 0.25) is 0 Å². The highest BCUT2D eigenvalue weighted by Gasteiger charge is 1.92. The van der Waals surface area contributed by atoms with Gasteiger partial charge in [-0.05, 0) is 11.6 Å². The fourth-order valence-electron chi connectivity index (χ4n) is 1.04. The number of hydrogen-bond donors (Lipinski definition) is 2. The zero-order chi connectivity index (χ0) is 10.2. The van der Waals surface area contributed by atoms with Crippen LogP contribution in [0.2, 0.25) is 0 Å². The number of allylic oxidation sites excluding steroid dienone is 1. The molecule has 0 aliphatic rings. The Morgan fingerprint density at radius 3 is 2.57 bits per heavy atom. The first kappa shape index (κ1) is 10.5. The summed E-state index contributed by atoms with van der Waals surface area (Å²) in [7, 11) is 0. The number of rotatable bonds is 4. The van der Waals surface area contributed by atoms with E-state index in [2.05, 4.69) is 5.16 Å². The van der Waals surface area contributed by atoms with E-state index >= 15 is 0 Å². The third-order valence-electron chi connectivity index (χ3n) is 1.76. The zero-order valence-corrected chi connectivity index (χ0v) is 7.80. The summed E-state index contributed by atoms with van der Waals surface area (Å²) in [5, 5.41) is 20.3. The molecule has 1 aromatic rings. The lowest BCUT2D eigenvalue weighted by Gasteiger charge is -1.94. The van der Waals surface area contributed by atoms with Crippen molar-refractivity contribution in [2.24, 2.45) is 5.16 Å². The van der Waals surface area contributed by atoms with Crippen molar-refractivity contribution in [1.82, 2.24) is 0 Å². The van der Waals surface area contributed by atoms with Gasteiger partial charge in [0.1, 0.15) is 0 Å². The maximum Gasteiger partial charge on any atom is 0.0818 e. The average Bonchev–Trinajstić information content (AvgIpc) is 2.25. The molecule has 0 aliphatic heterocycles. The second-order valence-electron chi connectivity index (χ2n) is 2.81. The zero-order valence-electron chi connectivity index (χ0n) is 7.80. The standard InChI is InChI=1S/C11H13NO2/c13-9-8-11(12-14)7-6-10-4-2-1-3-5-10/h1-7,13-14H,8-9H2/b7-6+,12-11-. The van der Waals surface area contributed by atoms with Gasteiger partial charge in [-0.2, -0.15) is 0 Å². The van der Waals surface area contributed by atoms with Crippen LogP contribution in [-0.2, 0) is 0 Å². The number of hydrogen-bond acceptors (Lipinski definition) is 3. The average molecular weight is 191 g/mol. The topological polar surface area (TPSA) is 52.8 Å². The van der Waals surface area contributed by atoms with Crippen LogP contribution in [0.5, 0.6) is 0 Å². The third-order valence-corrected chi connectivity index (χ3v) is 1.76. The third kappa shape index (κ3) is 3.41. The Labute approximate surface area is 83.0 Å². The molecule has 0 aromatic heterocycles. The van der Waals surface area contributed by atoms with Crippen molar-refractivity contribution in [3.05, 3.63) is 42.0 Å². The van der Waals surface area contributed by atoms with E-state index in [1.165, 1.54) is 0 Å². The summed E-state index contributed by atoms with van der Waals surface area (Å²) < 4.78 is 0. The van der Waals surface area contributed by atoms with E-state index in [1.807, 2.05) is 36.4 Å². The Hall–Kier alpha value is -1.61. The van der Waals surface area contributed by atoms with Crippen molar-refractivity contribution in [2.45, 2.75) is 6.42 Å². The van der Waals surface area contributed by atoms with Gasteiger partial charge in [0.05, 0.1) is 5.71 Å². The number of aliphatic hydroxyl groups excluding tert-OH is 1. The van der Waals surface area contributed by atoms with Crippen LogP contribution in [0.3, 0.4) is 0 Å². The van der Waals surface area contributed by atoms with Crippen LogP contribution in [0.1, 0.15) is 12.0 Å². The smallest absolute Gasteiger partial charge is 0.0818 e. The molecule has 0 atom stereocenters. The summed E-state index contributed by atoms with van der Waals surface area (Å²) in [6, 6.07) is 9.70. The molecule has 0 radical (unpaired) electrons. The molecule has 3 heteroatoms. The maximum absolute atomic E-state index is 8.64. The summed E-state index contributed by atoms with van der Waals surface area (Å²) in [6.45, 7) is -0.0154. The maximum atomic E-state index is 8.64. The number of nitrogens with zero attached hydrogens (tertiary/aromatic N) is 1. The molecule has 2 N–H and O–H groups in total. The van der Waals surface area contributed by atoms with Gasteiger partial charge in [-0.1, -0.05) is 41.6 Å². The molecule has 0 amide bonds. The highest BCUT2D eigenvalue weighted by Crippen LogP contribution is 2.01. The lowest BCUT2D eigenvalue weighted by atomic mass is 10.2. The first-order chi connectivity index (χ1) is 6.86. The van der Waals surface area contributed by atoms with Gasteiger partial charge >= 0.3 is 0 Å². The van der Waals surface area contributed by atoms with E-state index in [1.54, 1.807) is 6.08 Å². The van der Waals surface area contributed by atoms with Crippen molar-refractivity contribution in [1.29, 1.82) is 0 Å². The van der Waals surface area contributed by atoms with Crippen molar-refractivity contribution in [2.75, 3.05) is 6.61 Å². The quantitative estimate of drug-likeness (QED) is 0.434. The fourth-order valence-corrected chi connectivity index (χ4v) is 1.04. The molecular weight excluding hydrogens is 178 g/mol. The van der Waals surface area contributed by atoms with Crippen molar-refractivity contribution in [3.63, 3.8) is 0 Å². The Morgan fingerprint density at radius 2 is 2.00 bits per heavy atom. The minimum atomic E-state index is -0.0154. The molecule has 0 spiro atoms. The lowest BCUT2D eigenvalue weighted by Crippen LogP contribution is -1.96. The van der Waals surface area contributed by atoms with E-state index in [9.17, 15) is 0 Å². The minimum Gasteiger partial charge on any atom is -0.411 e. The summed E-state index contributed by atoms with van der Waals surface area (Å²) in [6.07, 6.45) is 3.89. The molecule has 14 heavy (non-hydrogen) atoms. The molecule has 1 rings (SSSR count). The molecule has 0 saturated carbocycles. The van der Waals surface area contributed by atoms with Gasteiger partial charge < -0.3 is 10.3 Å². The Morgan fingerprint density at radius 1 is 1.29 bits per heavy atom. The monoisotopic (exact) mass is 191 g/mol. The van der Waals surface area contributed by atoms with E-state index in [-0.39, 0.29) is 6.61 Å². The molecule has 0 heterocycles. The molecule has 3 nitrogen and oxygen atoms in total. The highest BCUT2D eigenvalue weighted by molar-refractivity contribution is 5.97. The van der Waals surface area contributed by atoms with Crippen molar-refractivity contribution in [3.8, 4) is 0 Å². The number of benzene rings is 1. The summed E-state index contributed by atoms with van der Waals surface area (Å²) >= 11 is 0. The largest absolute Gasteiger partial charge is 0.411 e. The molecule has 0 aliphatic carbocycles. The van der Waals surface area contributed by atoms with Crippen LogP contribution >= 0.6 is 0 Å². The Bertz CT molecular complexity index is 317. The fraction of sp³-hybridized carbons (Fsp3) is 0.182. The highest BCUT2D eigenvalue weighted by atomic mass is 16.4. The molecular formula is C11H13NO2. The Balaban J connectivity index is 2.63. The van der Waals surface area contributed by atoms with Crippen LogP contribution in [0, 0.1) is 0 Å². The van der Waals surface area contributed by atoms with Gasteiger partial charge in [-0.3, -0.25) is 0 Å². The van der Waals surface area contributed by atoms with E-state index < -0.39 is 0 Å². The van der Waals surface area contributed by atoms with E-state index in [4.69, 9.17) is 10.3 Å². The van der Waals surface area contributed by atoms with Crippen LogP contribution in [0.15, 0.2) is 41.6 Å². The normalized spacial score (nSPS) is 12.2. The SMILES string of the molecule is OCCC(/C=C/c1ccccc1)=N\O. The van der Waals surface area contributed by atoms with Crippen LogP contribution in [-0.4, -0.2) is 22.6 Å². The van der Waals surface area contributed by atoms with Crippen LogP contribution < -0.4 is 0 Å². The van der Waals surface area contributed by atoms with E-state index in [0.29, 0.717) is 12.1 Å². The molecule has 1 aromatic carbocycles. The first-order valence-electron chi connectivity index (χ1n) is 4.41. The van der Waals surface area contributed by atoms with Gasteiger partial charge in [0.15, 0.2) is 0 Å². The summed E-state index contributed by atoms with van der Waals surface area (Å²) in [5.74, 6) is 0. The predicted octanol–water partition coefficient (Wildman–Crippen LogP) is 1.91. The molecule has 0 bridgehead atoms. The second-order valence-corrected chi connectivity index (χ2v) is 2.81. The molecule has 0 saturated heterocycles. The van der Waals surface area contributed by atoms with Gasteiger partial charge in [-0.15, -0.1) is 0 Å². The van der Waals surface area contributed by atoms with Crippen molar-refractivity contribution < 1.29 is 10.3 Å². The first-order valence-corrected chi connectivity index (χ1v) is 4.41. The van der Waals surface area contributed by atoms with Crippen LogP contribution in [0.4, 0.5) is 0 Å². The lowest BCUT2D eigenvalue weighted by molar-refractivity contribution is 0.296. The summed E-state index contributed by atoms with van der Waals surface area (Å²) in [4.78, 5) is 0. The van der Waals surface area contributed by atoms with Gasteiger partial charge in [-0.25, -0.2) is 0 Å². The molecule has 0 fully saturated rings. The molecule has 0 unspecified atom stereocenters.